The molecule has 0 atom stereocenters. The zero-order valence-electron chi connectivity index (χ0n) is 7.92. The second kappa shape index (κ2) is 3.13. The van der Waals surface area contributed by atoms with Crippen LogP contribution in [0.3, 0.4) is 0 Å². The quantitative estimate of drug-likeness (QED) is 0.745. The Morgan fingerprint density at radius 3 is 2.92 bits per heavy atom. The van der Waals surface area contributed by atoms with Crippen molar-refractivity contribution < 1.29 is 4.74 Å². The monoisotopic (exact) mass is 175 g/mol. The van der Waals surface area contributed by atoms with Gasteiger partial charge in [-0.1, -0.05) is 19.1 Å². The maximum absolute atomic E-state index is 5.25. The molecule has 1 aromatic carbocycles. The highest BCUT2D eigenvalue weighted by molar-refractivity contribution is 5.88. The first-order chi connectivity index (χ1) is 6.36. The van der Waals surface area contributed by atoms with Crippen LogP contribution in [0.1, 0.15) is 12.5 Å². The van der Waals surface area contributed by atoms with Crippen molar-refractivity contribution in [3.8, 4) is 5.75 Å². The maximum atomic E-state index is 5.25. The summed E-state index contributed by atoms with van der Waals surface area (Å²) in [6, 6.07) is 6.11. The zero-order chi connectivity index (χ0) is 9.26. The highest BCUT2D eigenvalue weighted by atomic mass is 16.5. The number of nitrogens with one attached hydrogen (secondary N) is 1. The van der Waals surface area contributed by atoms with Crippen LogP contribution in [0, 0.1) is 0 Å². The first kappa shape index (κ1) is 8.17. The Hall–Kier alpha value is -1.44. The number of H-pyrrole nitrogens is 1. The van der Waals surface area contributed by atoms with Gasteiger partial charge in [0.1, 0.15) is 5.75 Å². The van der Waals surface area contributed by atoms with E-state index in [0.717, 1.165) is 17.7 Å². The SMILES string of the molecule is CCc1c[nH]c2c(OC)cccc12. The Morgan fingerprint density at radius 2 is 2.23 bits per heavy atom. The van der Waals surface area contributed by atoms with Crippen molar-refractivity contribution >= 4 is 10.9 Å². The van der Waals surface area contributed by atoms with Crippen LogP contribution >= 0.6 is 0 Å². The summed E-state index contributed by atoms with van der Waals surface area (Å²) >= 11 is 0. The number of aromatic amines is 1. The van der Waals surface area contributed by atoms with Crippen molar-refractivity contribution in [2.24, 2.45) is 0 Å². The third-order valence-electron chi connectivity index (χ3n) is 2.36. The fourth-order valence-electron chi connectivity index (χ4n) is 1.65. The van der Waals surface area contributed by atoms with Crippen molar-refractivity contribution in [3.05, 3.63) is 30.0 Å². The number of hydrogen-bond donors (Lipinski definition) is 1. The molecule has 2 nitrogen and oxygen atoms in total. The molecule has 0 fully saturated rings. The number of methoxy groups -OCH3 is 1. The van der Waals surface area contributed by atoms with E-state index in [-0.39, 0.29) is 0 Å². The minimum Gasteiger partial charge on any atom is -0.495 e. The van der Waals surface area contributed by atoms with Gasteiger partial charge in [0.25, 0.3) is 0 Å². The number of fused-ring (bicyclic) bond motifs is 1. The predicted molar refractivity (Wildman–Crippen MR) is 54.2 cm³/mol. The Labute approximate surface area is 77.5 Å². The van der Waals surface area contributed by atoms with E-state index in [4.69, 9.17) is 4.74 Å². The minimum absolute atomic E-state index is 0.914. The number of benzene rings is 1. The summed E-state index contributed by atoms with van der Waals surface area (Å²) in [5, 5.41) is 1.27. The zero-order valence-corrected chi connectivity index (χ0v) is 7.92. The van der Waals surface area contributed by atoms with Gasteiger partial charge in [-0.15, -0.1) is 0 Å². The molecule has 2 aromatic rings. The lowest BCUT2D eigenvalue weighted by atomic mass is 10.1. The van der Waals surface area contributed by atoms with Crippen LogP contribution in [0.15, 0.2) is 24.4 Å². The van der Waals surface area contributed by atoms with Crippen LogP contribution in [0.25, 0.3) is 10.9 Å². The Morgan fingerprint density at radius 1 is 1.38 bits per heavy atom. The molecule has 0 unspecified atom stereocenters. The summed E-state index contributed by atoms with van der Waals surface area (Å²) in [5.74, 6) is 0.914. The second-order valence-corrected chi connectivity index (χ2v) is 3.05. The van der Waals surface area contributed by atoms with Crippen molar-refractivity contribution in [3.63, 3.8) is 0 Å². The molecule has 68 valence electrons. The summed E-state index contributed by atoms with van der Waals surface area (Å²) in [6.07, 6.45) is 3.10. The van der Waals surface area contributed by atoms with Gasteiger partial charge >= 0.3 is 0 Å². The lowest BCUT2D eigenvalue weighted by Gasteiger charge is -2.00. The minimum atomic E-state index is 0.914. The molecule has 0 saturated heterocycles. The summed E-state index contributed by atoms with van der Waals surface area (Å²) in [5.41, 5.74) is 2.44. The van der Waals surface area contributed by atoms with E-state index in [0.29, 0.717) is 0 Å². The molecule has 2 rings (SSSR count). The van der Waals surface area contributed by atoms with Gasteiger partial charge in [-0.3, -0.25) is 0 Å². The topological polar surface area (TPSA) is 25.0 Å². The van der Waals surface area contributed by atoms with E-state index in [1.165, 1.54) is 10.9 Å². The number of aryl methyl sites for hydroxylation is 1. The van der Waals surface area contributed by atoms with Crippen LogP contribution < -0.4 is 4.74 Å². The van der Waals surface area contributed by atoms with Crippen molar-refractivity contribution in [2.45, 2.75) is 13.3 Å². The van der Waals surface area contributed by atoms with Crippen molar-refractivity contribution in [1.82, 2.24) is 4.98 Å². The summed E-state index contributed by atoms with van der Waals surface area (Å²) in [4.78, 5) is 3.23. The summed E-state index contributed by atoms with van der Waals surface area (Å²) in [7, 11) is 1.70. The van der Waals surface area contributed by atoms with E-state index in [1.54, 1.807) is 7.11 Å². The average molecular weight is 175 g/mol. The van der Waals surface area contributed by atoms with Crippen molar-refractivity contribution in [1.29, 1.82) is 0 Å². The van der Waals surface area contributed by atoms with Gasteiger partial charge in [0.05, 0.1) is 12.6 Å². The molecule has 1 aromatic heterocycles. The first-order valence-corrected chi connectivity index (χ1v) is 4.49. The van der Waals surface area contributed by atoms with Gasteiger partial charge in [-0.25, -0.2) is 0 Å². The smallest absolute Gasteiger partial charge is 0.142 e. The first-order valence-electron chi connectivity index (χ1n) is 4.49. The molecule has 0 aliphatic carbocycles. The highest BCUT2D eigenvalue weighted by Gasteiger charge is 2.05. The predicted octanol–water partition coefficient (Wildman–Crippen LogP) is 2.74. The van der Waals surface area contributed by atoms with Gasteiger partial charge in [-0.2, -0.15) is 0 Å². The molecule has 1 heterocycles. The molecule has 0 radical (unpaired) electrons. The molecule has 0 saturated carbocycles. The standard InChI is InChI=1S/C11H13NO/c1-3-8-7-12-11-9(8)5-4-6-10(11)13-2/h4-7,12H,3H2,1-2H3. The fourth-order valence-corrected chi connectivity index (χ4v) is 1.65. The summed E-state index contributed by atoms with van der Waals surface area (Å²) < 4.78 is 5.25. The molecule has 1 N–H and O–H groups in total. The van der Waals surface area contributed by atoms with Gasteiger partial charge in [0, 0.05) is 11.6 Å². The normalized spacial score (nSPS) is 10.6. The lowest BCUT2D eigenvalue weighted by Crippen LogP contribution is -1.83. The molecule has 0 amide bonds. The number of ether oxygens (including phenoxy) is 1. The molecule has 0 spiro atoms. The van der Waals surface area contributed by atoms with E-state index < -0.39 is 0 Å². The second-order valence-electron chi connectivity index (χ2n) is 3.05. The third-order valence-corrected chi connectivity index (χ3v) is 2.36. The lowest BCUT2D eigenvalue weighted by molar-refractivity contribution is 0.419. The Bertz CT molecular complexity index is 417. The van der Waals surface area contributed by atoms with Gasteiger partial charge < -0.3 is 9.72 Å². The van der Waals surface area contributed by atoms with Crippen LogP contribution in [0.5, 0.6) is 5.75 Å². The average Bonchev–Trinajstić information content (AvgIpc) is 2.60. The number of rotatable bonds is 2. The van der Waals surface area contributed by atoms with E-state index in [1.807, 2.05) is 18.3 Å². The molecule has 2 heteroatoms. The van der Waals surface area contributed by atoms with Crippen LogP contribution in [0.2, 0.25) is 0 Å². The Balaban J connectivity index is 2.72. The van der Waals surface area contributed by atoms with Gasteiger partial charge in [-0.05, 0) is 18.1 Å². The molecule has 0 aliphatic heterocycles. The van der Waals surface area contributed by atoms with E-state index in [2.05, 4.69) is 18.0 Å². The summed E-state index contributed by atoms with van der Waals surface area (Å²) in [6.45, 7) is 2.15. The molecular formula is C11H13NO. The molecule has 0 aliphatic rings. The fraction of sp³-hybridized carbons (Fsp3) is 0.273. The van der Waals surface area contributed by atoms with Crippen molar-refractivity contribution in [2.75, 3.05) is 7.11 Å². The number of aromatic nitrogens is 1. The van der Waals surface area contributed by atoms with E-state index in [9.17, 15) is 0 Å². The number of para-hydroxylation sites is 1. The van der Waals surface area contributed by atoms with Crippen LogP contribution in [-0.4, -0.2) is 12.1 Å². The molecular weight excluding hydrogens is 162 g/mol. The highest BCUT2D eigenvalue weighted by Crippen LogP contribution is 2.26. The maximum Gasteiger partial charge on any atom is 0.142 e. The number of hydrogen-bond acceptors (Lipinski definition) is 1. The Kier molecular flexibility index (Phi) is 1.97. The largest absolute Gasteiger partial charge is 0.495 e. The van der Waals surface area contributed by atoms with Gasteiger partial charge in [0.15, 0.2) is 0 Å². The van der Waals surface area contributed by atoms with E-state index >= 15 is 0 Å². The van der Waals surface area contributed by atoms with Crippen LogP contribution in [0.4, 0.5) is 0 Å². The third kappa shape index (κ3) is 1.18. The molecule has 13 heavy (non-hydrogen) atoms. The molecule has 0 bridgehead atoms. The van der Waals surface area contributed by atoms with Crippen LogP contribution in [-0.2, 0) is 6.42 Å². The van der Waals surface area contributed by atoms with Gasteiger partial charge in [0.2, 0.25) is 0 Å².